The van der Waals surface area contributed by atoms with Crippen molar-refractivity contribution in [3.05, 3.63) is 75.2 Å². The molecule has 0 aliphatic carbocycles. The van der Waals surface area contributed by atoms with E-state index in [1.54, 1.807) is 12.3 Å². The third-order valence-corrected chi connectivity index (χ3v) is 6.99. The molecule has 2 aromatic carbocycles. The van der Waals surface area contributed by atoms with E-state index in [4.69, 9.17) is 16.3 Å². The average molecular weight is 468 g/mol. The second-order valence-electron chi connectivity index (χ2n) is 9.12. The predicted octanol–water partition coefficient (Wildman–Crippen LogP) is 3.20. The minimum atomic E-state index is -0.663. The van der Waals surface area contributed by atoms with E-state index in [1.807, 2.05) is 12.1 Å². The number of benzene rings is 2. The molecule has 0 spiro atoms. The number of nitrogens with one attached hydrogen (secondary N) is 1. The molecule has 7 heteroatoms. The lowest BCUT2D eigenvalue weighted by Gasteiger charge is -2.30. The number of hydrogen-bond acceptors (Lipinski definition) is 5. The van der Waals surface area contributed by atoms with Crippen molar-refractivity contribution in [1.29, 1.82) is 0 Å². The monoisotopic (exact) mass is 467 g/mol. The number of aliphatic hydroxyl groups excluding tert-OH is 1. The first-order valence-corrected chi connectivity index (χ1v) is 12.1. The largest absolute Gasteiger partial charge is 0.490 e. The standard InChI is InChI=1S/C26H30ClN3O3/c27-25-17-30(16-20(31)15-29-12-9-18-3-1-2-4-19(18)14-29)26(32)23-6-5-22(13-24(23)25)33-21-7-10-28-11-8-21/h1-6,13,17,20-21,28,31H,7-12,14-16H2/t20-/m1/s1. The van der Waals surface area contributed by atoms with E-state index in [0.29, 0.717) is 22.3 Å². The van der Waals surface area contributed by atoms with Gasteiger partial charge in [0.05, 0.1) is 17.7 Å². The molecule has 0 radical (unpaired) electrons. The highest BCUT2D eigenvalue weighted by Gasteiger charge is 2.20. The summed E-state index contributed by atoms with van der Waals surface area (Å²) in [5.41, 5.74) is 2.54. The van der Waals surface area contributed by atoms with Gasteiger partial charge in [-0.15, -0.1) is 0 Å². The van der Waals surface area contributed by atoms with Crippen molar-refractivity contribution in [2.24, 2.45) is 0 Å². The molecule has 0 saturated carbocycles. The molecule has 1 atom stereocenters. The minimum Gasteiger partial charge on any atom is -0.490 e. The molecule has 2 N–H and O–H groups in total. The number of halogens is 1. The third kappa shape index (κ3) is 5.09. The van der Waals surface area contributed by atoms with E-state index in [2.05, 4.69) is 34.5 Å². The van der Waals surface area contributed by atoms with Crippen LogP contribution < -0.4 is 15.6 Å². The SMILES string of the molecule is O=c1c2ccc(OC3CCNCC3)cc2c(Cl)cn1C[C@H](O)CN1CCc2ccccc2C1. The topological polar surface area (TPSA) is 66.7 Å². The Morgan fingerprint density at radius 2 is 1.88 bits per heavy atom. The van der Waals surface area contributed by atoms with Gasteiger partial charge in [0, 0.05) is 36.6 Å². The summed E-state index contributed by atoms with van der Waals surface area (Å²) in [7, 11) is 0. The fourth-order valence-electron chi connectivity index (χ4n) is 4.93. The first kappa shape index (κ1) is 22.4. The highest BCUT2D eigenvalue weighted by Crippen LogP contribution is 2.27. The van der Waals surface area contributed by atoms with E-state index >= 15 is 0 Å². The number of pyridine rings is 1. The maximum atomic E-state index is 13.1. The summed E-state index contributed by atoms with van der Waals surface area (Å²) >= 11 is 6.56. The number of aliphatic hydroxyl groups is 1. The Kier molecular flexibility index (Phi) is 6.69. The van der Waals surface area contributed by atoms with Crippen LogP contribution in [0.4, 0.5) is 0 Å². The Morgan fingerprint density at radius 3 is 2.70 bits per heavy atom. The first-order chi connectivity index (χ1) is 16.1. The van der Waals surface area contributed by atoms with Gasteiger partial charge in [-0.3, -0.25) is 9.69 Å². The molecule has 174 valence electrons. The molecule has 6 nitrogen and oxygen atoms in total. The molecule has 0 amide bonds. The number of nitrogens with zero attached hydrogens (tertiary/aromatic N) is 2. The van der Waals surface area contributed by atoms with Crippen LogP contribution in [0.3, 0.4) is 0 Å². The van der Waals surface area contributed by atoms with Crippen molar-refractivity contribution in [3.63, 3.8) is 0 Å². The van der Waals surface area contributed by atoms with Gasteiger partial charge in [0.25, 0.3) is 5.56 Å². The smallest absolute Gasteiger partial charge is 0.258 e. The lowest BCUT2D eigenvalue weighted by molar-refractivity contribution is 0.0911. The van der Waals surface area contributed by atoms with Gasteiger partial charge in [-0.2, -0.15) is 0 Å². The number of hydrogen-bond donors (Lipinski definition) is 2. The van der Waals surface area contributed by atoms with E-state index < -0.39 is 6.10 Å². The van der Waals surface area contributed by atoms with Crippen LogP contribution >= 0.6 is 11.6 Å². The van der Waals surface area contributed by atoms with Crippen LogP contribution in [0.15, 0.2) is 53.5 Å². The molecule has 3 aromatic rings. The number of β-amino-alcohol motifs (C(OH)–C–C–N with tert-alkyl or cyclic N) is 1. The van der Waals surface area contributed by atoms with Gasteiger partial charge in [0.2, 0.25) is 0 Å². The van der Waals surface area contributed by atoms with Crippen LogP contribution in [-0.4, -0.2) is 53.0 Å². The fourth-order valence-corrected chi connectivity index (χ4v) is 5.21. The van der Waals surface area contributed by atoms with E-state index in [1.165, 1.54) is 15.7 Å². The number of piperidine rings is 1. The highest BCUT2D eigenvalue weighted by molar-refractivity contribution is 6.35. The quantitative estimate of drug-likeness (QED) is 0.582. The van der Waals surface area contributed by atoms with Crippen LogP contribution in [0.1, 0.15) is 24.0 Å². The molecule has 1 fully saturated rings. The highest BCUT2D eigenvalue weighted by atomic mass is 35.5. The summed E-state index contributed by atoms with van der Waals surface area (Å²) in [4.78, 5) is 15.3. The zero-order chi connectivity index (χ0) is 22.8. The minimum absolute atomic E-state index is 0.147. The maximum Gasteiger partial charge on any atom is 0.258 e. The maximum absolute atomic E-state index is 13.1. The third-order valence-electron chi connectivity index (χ3n) is 6.68. The van der Waals surface area contributed by atoms with Crippen molar-refractivity contribution in [1.82, 2.24) is 14.8 Å². The molecule has 0 bridgehead atoms. The van der Waals surface area contributed by atoms with Gasteiger partial charge in [0.15, 0.2) is 0 Å². The second kappa shape index (κ2) is 9.85. The Balaban J connectivity index is 1.28. The summed E-state index contributed by atoms with van der Waals surface area (Å²) in [5, 5.41) is 15.8. The van der Waals surface area contributed by atoms with Crippen molar-refractivity contribution < 1.29 is 9.84 Å². The van der Waals surface area contributed by atoms with Crippen LogP contribution in [0.25, 0.3) is 10.8 Å². The summed E-state index contributed by atoms with van der Waals surface area (Å²) in [6.07, 6.45) is 4.06. The molecule has 0 unspecified atom stereocenters. The van der Waals surface area contributed by atoms with Gasteiger partial charge < -0.3 is 19.7 Å². The summed E-state index contributed by atoms with van der Waals surface area (Å²) < 4.78 is 7.64. The predicted molar refractivity (Wildman–Crippen MR) is 131 cm³/mol. The molecule has 33 heavy (non-hydrogen) atoms. The lowest BCUT2D eigenvalue weighted by atomic mass is 10.00. The molecular weight excluding hydrogens is 438 g/mol. The van der Waals surface area contributed by atoms with Crippen LogP contribution in [0, 0.1) is 0 Å². The zero-order valence-electron chi connectivity index (χ0n) is 18.7. The number of aromatic nitrogens is 1. The summed E-state index contributed by atoms with van der Waals surface area (Å²) in [6, 6.07) is 13.9. The van der Waals surface area contributed by atoms with E-state index in [0.717, 1.165) is 51.2 Å². The first-order valence-electron chi connectivity index (χ1n) is 11.7. The Labute approximate surface area is 198 Å². The number of ether oxygens (including phenoxy) is 1. The Hall–Kier alpha value is -2.38. The second-order valence-corrected chi connectivity index (χ2v) is 9.52. The number of fused-ring (bicyclic) bond motifs is 2. The Bertz CT molecular complexity index is 1190. The van der Waals surface area contributed by atoms with Crippen LogP contribution in [0.5, 0.6) is 5.75 Å². The molecular formula is C26H30ClN3O3. The summed E-state index contributed by atoms with van der Waals surface area (Å²) in [6.45, 7) is 4.35. The van der Waals surface area contributed by atoms with Crippen LogP contribution in [-0.2, 0) is 19.5 Å². The molecule has 3 heterocycles. The van der Waals surface area contributed by atoms with Crippen molar-refractivity contribution in [2.75, 3.05) is 26.2 Å². The molecule has 5 rings (SSSR count). The van der Waals surface area contributed by atoms with Gasteiger partial charge in [-0.05, 0) is 61.7 Å². The fraction of sp³-hybridized carbons (Fsp3) is 0.423. The van der Waals surface area contributed by atoms with Gasteiger partial charge >= 0.3 is 0 Å². The lowest BCUT2D eigenvalue weighted by Crippen LogP contribution is -2.39. The normalized spacial score (nSPS) is 18.2. The summed E-state index contributed by atoms with van der Waals surface area (Å²) in [5.74, 6) is 0.735. The van der Waals surface area contributed by atoms with Crippen molar-refractivity contribution in [2.45, 2.75) is 44.6 Å². The molecule has 1 aromatic heterocycles. The van der Waals surface area contributed by atoms with Crippen LogP contribution in [0.2, 0.25) is 5.02 Å². The van der Waals surface area contributed by atoms with E-state index in [-0.39, 0.29) is 18.2 Å². The van der Waals surface area contributed by atoms with Gasteiger partial charge in [0.1, 0.15) is 11.9 Å². The van der Waals surface area contributed by atoms with Gasteiger partial charge in [-0.25, -0.2) is 0 Å². The van der Waals surface area contributed by atoms with Gasteiger partial charge in [-0.1, -0.05) is 35.9 Å². The molecule has 1 saturated heterocycles. The number of rotatable bonds is 6. The Morgan fingerprint density at radius 1 is 1.09 bits per heavy atom. The zero-order valence-corrected chi connectivity index (χ0v) is 19.4. The molecule has 2 aliphatic rings. The average Bonchev–Trinajstić information content (AvgIpc) is 2.83. The van der Waals surface area contributed by atoms with E-state index in [9.17, 15) is 9.90 Å². The molecule has 2 aliphatic heterocycles. The van der Waals surface area contributed by atoms with Crippen molar-refractivity contribution in [3.8, 4) is 5.75 Å². The van der Waals surface area contributed by atoms with Crippen molar-refractivity contribution >= 4 is 22.4 Å².